The first-order valence-corrected chi connectivity index (χ1v) is 10.0. The monoisotopic (exact) mass is 439 g/mol. The van der Waals surface area contributed by atoms with Crippen molar-refractivity contribution in [1.29, 1.82) is 0 Å². The second-order valence-electron chi connectivity index (χ2n) is 5.79. The molecule has 30 heavy (non-hydrogen) atoms. The molecule has 162 valence electrons. The summed E-state index contributed by atoms with van der Waals surface area (Å²) in [6.45, 7) is -0.170. The molecule has 0 spiro atoms. The quantitative estimate of drug-likeness (QED) is 0.320. The van der Waals surface area contributed by atoms with Gasteiger partial charge in [-0.25, -0.2) is 13.1 Å². The maximum absolute atomic E-state index is 12.5. The van der Waals surface area contributed by atoms with E-state index in [0.29, 0.717) is 5.75 Å². The fraction of sp³-hybridized carbons (Fsp3) is 0.278. The SMILES string of the molecule is COc1ccc(C(=O)NCCNS(=O)(=O)c2cccc([N+](=O)[O-])c2)c(OC)c1OC. The van der Waals surface area contributed by atoms with Gasteiger partial charge in [0.05, 0.1) is 36.7 Å². The molecular formula is C18H21N3O8S. The van der Waals surface area contributed by atoms with Crippen LogP contribution in [0.5, 0.6) is 17.2 Å². The molecule has 0 aliphatic heterocycles. The highest BCUT2D eigenvalue weighted by molar-refractivity contribution is 7.89. The number of amides is 1. The Labute approximate surface area is 173 Å². The Bertz CT molecular complexity index is 1040. The van der Waals surface area contributed by atoms with Crippen LogP contribution in [0.15, 0.2) is 41.3 Å². The molecule has 0 saturated carbocycles. The summed E-state index contributed by atoms with van der Waals surface area (Å²) in [6, 6.07) is 7.69. The molecule has 0 aliphatic rings. The minimum absolute atomic E-state index is 0.0372. The van der Waals surface area contributed by atoms with Crippen LogP contribution in [0.3, 0.4) is 0 Å². The van der Waals surface area contributed by atoms with Crippen molar-refractivity contribution in [2.45, 2.75) is 4.90 Å². The van der Waals surface area contributed by atoms with E-state index in [4.69, 9.17) is 14.2 Å². The molecule has 2 aromatic rings. The molecule has 2 rings (SSSR count). The maximum atomic E-state index is 12.5. The zero-order valence-electron chi connectivity index (χ0n) is 16.5. The lowest BCUT2D eigenvalue weighted by Gasteiger charge is -2.15. The highest BCUT2D eigenvalue weighted by Crippen LogP contribution is 2.39. The Morgan fingerprint density at radius 2 is 1.73 bits per heavy atom. The fourth-order valence-corrected chi connectivity index (χ4v) is 3.66. The summed E-state index contributed by atoms with van der Waals surface area (Å²) in [4.78, 5) is 22.3. The Morgan fingerprint density at radius 3 is 2.33 bits per heavy atom. The van der Waals surface area contributed by atoms with Gasteiger partial charge in [0, 0.05) is 25.2 Å². The van der Waals surface area contributed by atoms with Crippen LogP contribution in [-0.2, 0) is 10.0 Å². The van der Waals surface area contributed by atoms with E-state index in [1.54, 1.807) is 6.07 Å². The number of carbonyl (C=O) groups excluding carboxylic acids is 1. The Hall–Kier alpha value is -3.38. The van der Waals surface area contributed by atoms with Crippen LogP contribution >= 0.6 is 0 Å². The number of sulfonamides is 1. The van der Waals surface area contributed by atoms with Crippen molar-refractivity contribution in [2.24, 2.45) is 0 Å². The molecule has 0 heterocycles. The Morgan fingerprint density at radius 1 is 1.03 bits per heavy atom. The Kier molecular flexibility index (Phi) is 7.55. The van der Waals surface area contributed by atoms with Crippen LogP contribution in [0.4, 0.5) is 5.69 Å². The normalized spacial score (nSPS) is 10.9. The molecule has 0 saturated heterocycles. The third-order valence-corrected chi connectivity index (χ3v) is 5.45. The largest absolute Gasteiger partial charge is 0.493 e. The van der Waals surface area contributed by atoms with E-state index in [1.807, 2.05) is 0 Å². The zero-order valence-corrected chi connectivity index (χ0v) is 17.3. The smallest absolute Gasteiger partial charge is 0.270 e. The first-order valence-electron chi connectivity index (χ1n) is 8.56. The number of nitro groups is 1. The number of nitrogens with zero attached hydrogens (tertiary/aromatic N) is 1. The second-order valence-corrected chi connectivity index (χ2v) is 7.56. The van der Waals surface area contributed by atoms with Gasteiger partial charge in [0.25, 0.3) is 11.6 Å². The molecule has 11 nitrogen and oxygen atoms in total. The lowest BCUT2D eigenvalue weighted by atomic mass is 10.1. The molecule has 0 radical (unpaired) electrons. The van der Waals surface area contributed by atoms with Crippen LogP contribution in [0.2, 0.25) is 0 Å². The van der Waals surface area contributed by atoms with Crippen molar-refractivity contribution in [3.8, 4) is 17.2 Å². The topological polar surface area (TPSA) is 146 Å². The molecule has 0 fully saturated rings. The first kappa shape index (κ1) is 22.9. The molecule has 0 unspecified atom stereocenters. The maximum Gasteiger partial charge on any atom is 0.270 e. The van der Waals surface area contributed by atoms with Crippen molar-refractivity contribution in [1.82, 2.24) is 10.0 Å². The van der Waals surface area contributed by atoms with Crippen LogP contribution in [-0.4, -0.2) is 53.7 Å². The average Bonchev–Trinajstić information content (AvgIpc) is 2.75. The Balaban J connectivity index is 2.03. The third kappa shape index (κ3) is 5.15. The van der Waals surface area contributed by atoms with Gasteiger partial charge in [-0.1, -0.05) is 6.07 Å². The predicted molar refractivity (Wildman–Crippen MR) is 107 cm³/mol. The van der Waals surface area contributed by atoms with E-state index in [2.05, 4.69) is 10.0 Å². The van der Waals surface area contributed by atoms with Crippen molar-refractivity contribution in [3.05, 3.63) is 52.1 Å². The number of benzene rings is 2. The number of rotatable bonds is 10. The highest BCUT2D eigenvalue weighted by Gasteiger charge is 2.21. The minimum Gasteiger partial charge on any atom is -0.493 e. The number of ether oxygens (including phenoxy) is 3. The van der Waals surface area contributed by atoms with Gasteiger partial charge in [0.2, 0.25) is 15.8 Å². The number of nitro benzene ring substituents is 1. The summed E-state index contributed by atoms with van der Waals surface area (Å²) in [5, 5.41) is 13.4. The van der Waals surface area contributed by atoms with Gasteiger partial charge in [-0.05, 0) is 18.2 Å². The van der Waals surface area contributed by atoms with Gasteiger partial charge in [0.1, 0.15) is 0 Å². The molecule has 12 heteroatoms. The summed E-state index contributed by atoms with van der Waals surface area (Å²) in [5.74, 6) is 0.295. The number of hydrogen-bond acceptors (Lipinski definition) is 8. The number of methoxy groups -OCH3 is 3. The van der Waals surface area contributed by atoms with Gasteiger partial charge in [0.15, 0.2) is 11.5 Å². The summed E-state index contributed by atoms with van der Waals surface area (Å²) in [7, 11) is 0.254. The summed E-state index contributed by atoms with van der Waals surface area (Å²) in [5.41, 5.74) is -0.164. The standard InChI is InChI=1S/C18H21N3O8S/c1-27-15-8-7-14(16(28-2)17(15)29-3)18(22)19-9-10-20-30(25,26)13-6-4-5-12(11-13)21(23)24/h4-8,11,20H,9-10H2,1-3H3,(H,19,22). The lowest BCUT2D eigenvalue weighted by molar-refractivity contribution is -0.385. The van der Waals surface area contributed by atoms with E-state index >= 15 is 0 Å². The van der Waals surface area contributed by atoms with Gasteiger partial charge >= 0.3 is 0 Å². The van der Waals surface area contributed by atoms with Crippen LogP contribution in [0, 0.1) is 10.1 Å². The summed E-state index contributed by atoms with van der Waals surface area (Å²) < 4.78 is 42.5. The van der Waals surface area contributed by atoms with Crippen LogP contribution < -0.4 is 24.2 Å². The molecule has 0 aromatic heterocycles. The van der Waals surface area contributed by atoms with Gasteiger partial charge in [-0.15, -0.1) is 0 Å². The predicted octanol–water partition coefficient (Wildman–Crippen LogP) is 1.33. The van der Waals surface area contributed by atoms with E-state index in [9.17, 15) is 23.3 Å². The third-order valence-electron chi connectivity index (χ3n) is 3.99. The van der Waals surface area contributed by atoms with E-state index in [0.717, 1.165) is 6.07 Å². The average molecular weight is 439 g/mol. The van der Waals surface area contributed by atoms with E-state index in [-0.39, 0.29) is 40.7 Å². The molecule has 0 aliphatic carbocycles. The number of nitrogens with one attached hydrogen (secondary N) is 2. The van der Waals surface area contributed by atoms with Crippen LogP contribution in [0.1, 0.15) is 10.4 Å². The van der Waals surface area contributed by atoms with Crippen molar-refractivity contribution >= 4 is 21.6 Å². The van der Waals surface area contributed by atoms with Gasteiger partial charge < -0.3 is 19.5 Å². The van der Waals surface area contributed by atoms with Crippen LogP contribution in [0.25, 0.3) is 0 Å². The van der Waals surface area contributed by atoms with E-state index < -0.39 is 20.9 Å². The second kappa shape index (κ2) is 9.89. The summed E-state index contributed by atoms with van der Waals surface area (Å²) in [6.07, 6.45) is 0. The first-order chi connectivity index (χ1) is 14.2. The molecule has 1 amide bonds. The van der Waals surface area contributed by atoms with Crippen molar-refractivity contribution < 1.29 is 32.3 Å². The fourth-order valence-electron chi connectivity index (χ4n) is 2.58. The van der Waals surface area contributed by atoms with Crippen molar-refractivity contribution in [3.63, 3.8) is 0 Å². The molecule has 0 bridgehead atoms. The molecular weight excluding hydrogens is 418 g/mol. The highest BCUT2D eigenvalue weighted by atomic mass is 32.2. The van der Waals surface area contributed by atoms with E-state index in [1.165, 1.54) is 45.6 Å². The number of carbonyl (C=O) groups is 1. The molecule has 0 atom stereocenters. The van der Waals surface area contributed by atoms with Crippen molar-refractivity contribution in [2.75, 3.05) is 34.4 Å². The lowest BCUT2D eigenvalue weighted by Crippen LogP contribution is -2.34. The molecule has 2 N–H and O–H groups in total. The minimum atomic E-state index is -3.98. The van der Waals surface area contributed by atoms with Gasteiger partial charge in [-0.3, -0.25) is 14.9 Å². The zero-order chi connectivity index (χ0) is 22.3. The summed E-state index contributed by atoms with van der Waals surface area (Å²) >= 11 is 0. The number of non-ortho nitro benzene ring substituents is 1. The molecule has 2 aromatic carbocycles. The number of hydrogen-bond donors (Lipinski definition) is 2. The van der Waals surface area contributed by atoms with Gasteiger partial charge in [-0.2, -0.15) is 0 Å².